The lowest BCUT2D eigenvalue weighted by Crippen LogP contribution is -2.29. The van der Waals surface area contributed by atoms with Crippen LogP contribution in [-0.2, 0) is 6.42 Å². The van der Waals surface area contributed by atoms with E-state index < -0.39 is 0 Å². The zero-order valence-electron chi connectivity index (χ0n) is 12.8. The van der Waals surface area contributed by atoms with E-state index in [-0.39, 0.29) is 16.0 Å². The molecule has 1 saturated carbocycles. The van der Waals surface area contributed by atoms with Crippen LogP contribution in [0, 0.1) is 39.7 Å². The minimum absolute atomic E-state index is 0.156. The average Bonchev–Trinajstić information content (AvgIpc) is 2.49. The highest BCUT2D eigenvalue weighted by atomic mass is 16.6. The van der Waals surface area contributed by atoms with Crippen LogP contribution in [0.25, 0.3) is 0 Å². The van der Waals surface area contributed by atoms with Gasteiger partial charge in [0.15, 0.2) is 0 Å². The molecule has 1 aromatic carbocycles. The Bertz CT molecular complexity index is 577. The summed E-state index contributed by atoms with van der Waals surface area (Å²) in [5.41, 5.74) is 1.46. The third-order valence-electron chi connectivity index (χ3n) is 4.90. The van der Waals surface area contributed by atoms with Crippen LogP contribution in [-0.4, -0.2) is 4.92 Å². The number of nitrogens with zero attached hydrogens (tertiary/aromatic N) is 2. The molecule has 0 spiro atoms. The molecule has 1 aromatic rings. The first-order valence-corrected chi connectivity index (χ1v) is 7.65. The van der Waals surface area contributed by atoms with E-state index >= 15 is 0 Å². The quantitative estimate of drug-likeness (QED) is 0.602. The first-order valence-electron chi connectivity index (χ1n) is 7.65. The molecule has 0 heterocycles. The van der Waals surface area contributed by atoms with Crippen molar-refractivity contribution in [1.82, 2.24) is 0 Å². The van der Waals surface area contributed by atoms with Gasteiger partial charge in [0.2, 0.25) is 0 Å². The lowest BCUT2D eigenvalue weighted by molar-refractivity contribution is -0.385. The third-order valence-corrected chi connectivity index (χ3v) is 4.90. The van der Waals surface area contributed by atoms with Gasteiger partial charge in [-0.2, -0.15) is 5.26 Å². The number of nitro benzene ring substituents is 1. The largest absolute Gasteiger partial charge is 0.272 e. The van der Waals surface area contributed by atoms with E-state index in [1.54, 1.807) is 13.0 Å². The van der Waals surface area contributed by atoms with Gasteiger partial charge in [-0.3, -0.25) is 10.1 Å². The topological polar surface area (TPSA) is 66.9 Å². The fourth-order valence-electron chi connectivity index (χ4n) is 3.56. The summed E-state index contributed by atoms with van der Waals surface area (Å²) >= 11 is 0. The molecule has 1 aliphatic carbocycles. The molecule has 112 valence electrons. The molecule has 2 atom stereocenters. The maximum Gasteiger partial charge on any atom is 0.272 e. The molecular weight excluding hydrogens is 264 g/mol. The van der Waals surface area contributed by atoms with Gasteiger partial charge in [-0.15, -0.1) is 0 Å². The predicted molar refractivity (Wildman–Crippen MR) is 81.8 cm³/mol. The van der Waals surface area contributed by atoms with Crippen molar-refractivity contribution in [2.75, 3.05) is 0 Å². The first kappa shape index (κ1) is 15.5. The van der Waals surface area contributed by atoms with Crippen molar-refractivity contribution < 1.29 is 4.92 Å². The van der Waals surface area contributed by atoms with Gasteiger partial charge in [0.05, 0.1) is 16.4 Å². The summed E-state index contributed by atoms with van der Waals surface area (Å²) in [6, 6.07) is 7.73. The highest BCUT2D eigenvalue weighted by Crippen LogP contribution is 2.43. The van der Waals surface area contributed by atoms with E-state index in [9.17, 15) is 15.4 Å². The van der Waals surface area contributed by atoms with Crippen LogP contribution in [0.3, 0.4) is 0 Å². The normalized spacial score (nSPS) is 25.3. The molecule has 0 aliphatic heterocycles. The van der Waals surface area contributed by atoms with Crippen molar-refractivity contribution in [3.8, 4) is 6.07 Å². The number of hydrogen-bond acceptors (Lipinski definition) is 3. The number of benzene rings is 1. The van der Waals surface area contributed by atoms with Gasteiger partial charge in [-0.1, -0.05) is 38.3 Å². The molecule has 0 radical (unpaired) electrons. The van der Waals surface area contributed by atoms with Gasteiger partial charge in [-0.25, -0.2) is 0 Å². The lowest BCUT2D eigenvalue weighted by Gasteiger charge is -2.35. The third kappa shape index (κ3) is 3.24. The highest BCUT2D eigenvalue weighted by molar-refractivity contribution is 5.45. The van der Waals surface area contributed by atoms with E-state index in [4.69, 9.17) is 0 Å². The van der Waals surface area contributed by atoms with Crippen LogP contribution in [0.15, 0.2) is 18.2 Å². The maximum atomic E-state index is 11.1. The zero-order valence-corrected chi connectivity index (χ0v) is 12.8. The molecule has 4 heteroatoms. The Balaban J connectivity index is 2.29. The number of nitro groups is 1. The molecule has 2 unspecified atom stereocenters. The molecule has 4 nitrogen and oxygen atoms in total. The Kier molecular flexibility index (Phi) is 4.62. The van der Waals surface area contributed by atoms with E-state index in [1.165, 1.54) is 12.5 Å². The Morgan fingerprint density at radius 2 is 2.29 bits per heavy atom. The second-order valence-electron chi connectivity index (χ2n) is 6.26. The van der Waals surface area contributed by atoms with Crippen molar-refractivity contribution in [2.24, 2.45) is 11.3 Å². The summed E-state index contributed by atoms with van der Waals surface area (Å²) in [6.07, 6.45) is 5.85. The van der Waals surface area contributed by atoms with Gasteiger partial charge in [0.1, 0.15) is 0 Å². The van der Waals surface area contributed by atoms with Crippen LogP contribution >= 0.6 is 0 Å². The van der Waals surface area contributed by atoms with Crippen LogP contribution in [0.4, 0.5) is 5.69 Å². The van der Waals surface area contributed by atoms with E-state index in [0.29, 0.717) is 17.9 Å². The summed E-state index contributed by atoms with van der Waals surface area (Å²) in [6.45, 7) is 3.97. The Morgan fingerprint density at radius 3 is 2.90 bits per heavy atom. The van der Waals surface area contributed by atoms with Crippen LogP contribution in [0.5, 0.6) is 0 Å². The molecule has 0 bridgehead atoms. The lowest BCUT2D eigenvalue weighted by atomic mass is 9.66. The van der Waals surface area contributed by atoms with Crippen molar-refractivity contribution in [1.29, 1.82) is 5.26 Å². The second kappa shape index (κ2) is 6.26. The van der Waals surface area contributed by atoms with Gasteiger partial charge in [-0.05, 0) is 37.7 Å². The summed E-state index contributed by atoms with van der Waals surface area (Å²) in [7, 11) is 0. The zero-order chi connectivity index (χ0) is 15.5. The van der Waals surface area contributed by atoms with E-state index in [2.05, 4.69) is 13.0 Å². The summed E-state index contributed by atoms with van der Waals surface area (Å²) in [5.74, 6) is 0.609. The Hall–Kier alpha value is -1.89. The minimum Gasteiger partial charge on any atom is -0.258 e. The number of hydrogen-bond donors (Lipinski definition) is 0. The van der Waals surface area contributed by atoms with Crippen molar-refractivity contribution in [3.05, 3.63) is 39.4 Å². The number of rotatable bonds is 4. The van der Waals surface area contributed by atoms with Crippen LogP contribution in [0.1, 0.15) is 50.2 Å². The fraction of sp³-hybridized carbons (Fsp3) is 0.588. The van der Waals surface area contributed by atoms with Crippen LogP contribution < -0.4 is 0 Å². The summed E-state index contributed by atoms with van der Waals surface area (Å²) < 4.78 is 0. The van der Waals surface area contributed by atoms with Gasteiger partial charge in [0.25, 0.3) is 5.69 Å². The van der Waals surface area contributed by atoms with E-state index in [1.807, 2.05) is 6.07 Å². The van der Waals surface area contributed by atoms with Crippen molar-refractivity contribution in [2.45, 2.75) is 52.4 Å². The highest BCUT2D eigenvalue weighted by Gasteiger charge is 2.36. The molecule has 2 rings (SSSR count). The molecule has 21 heavy (non-hydrogen) atoms. The SMILES string of the molecule is CCC1CCCC(C#N)(Cc2cccc([N+](=O)[O-])c2C)C1. The molecule has 1 fully saturated rings. The predicted octanol–water partition coefficient (Wildman–Crippen LogP) is 4.56. The molecule has 0 aromatic heterocycles. The molecular formula is C17H22N2O2. The smallest absolute Gasteiger partial charge is 0.258 e. The molecule has 1 aliphatic rings. The average molecular weight is 286 g/mol. The maximum absolute atomic E-state index is 11.1. The standard InChI is InChI=1S/C17H22N2O2/c1-3-14-6-5-9-17(10-14,12-18)11-15-7-4-8-16(13(15)2)19(20)21/h4,7-8,14H,3,5-6,9-11H2,1-2H3. The molecule has 0 amide bonds. The summed E-state index contributed by atoms with van der Waals surface area (Å²) in [5, 5.41) is 20.8. The fourth-order valence-corrected chi connectivity index (χ4v) is 3.56. The van der Waals surface area contributed by atoms with Gasteiger partial charge in [0, 0.05) is 11.6 Å². The Morgan fingerprint density at radius 1 is 1.52 bits per heavy atom. The Labute approximate surface area is 125 Å². The second-order valence-corrected chi connectivity index (χ2v) is 6.26. The molecule has 0 N–H and O–H groups in total. The van der Waals surface area contributed by atoms with Gasteiger partial charge < -0.3 is 0 Å². The monoisotopic (exact) mass is 286 g/mol. The van der Waals surface area contributed by atoms with Crippen molar-refractivity contribution >= 4 is 5.69 Å². The molecule has 0 saturated heterocycles. The summed E-state index contributed by atoms with van der Waals surface area (Å²) in [4.78, 5) is 10.7. The van der Waals surface area contributed by atoms with Gasteiger partial charge >= 0.3 is 0 Å². The minimum atomic E-state index is -0.348. The first-order chi connectivity index (χ1) is 10.0. The van der Waals surface area contributed by atoms with Crippen molar-refractivity contribution in [3.63, 3.8) is 0 Å². The number of nitriles is 1. The van der Waals surface area contributed by atoms with Crippen LogP contribution in [0.2, 0.25) is 0 Å². The van der Waals surface area contributed by atoms with E-state index in [0.717, 1.165) is 31.2 Å².